The number of aromatic amines is 1. The standard InChI is InChI=1S/C19H21N3O4S/c1-6-26-19(25)16-10(3)14(11(4)21-16)13(23)7-22-8-20-17-15(18(22)24)9(2)12(5)27-17/h8,21H,6-7H2,1-5H3. The number of Topliss-reactive ketones (excluding diaryl/α,β-unsaturated/α-hetero) is 1. The van der Waals surface area contributed by atoms with Crippen LogP contribution in [0.15, 0.2) is 11.1 Å². The number of carbonyl (C=O) groups is 2. The van der Waals surface area contributed by atoms with Crippen molar-refractivity contribution < 1.29 is 14.3 Å². The Hall–Kier alpha value is -2.74. The van der Waals surface area contributed by atoms with Crippen LogP contribution in [0.5, 0.6) is 0 Å². The average molecular weight is 387 g/mol. The van der Waals surface area contributed by atoms with Crippen molar-refractivity contribution in [3.05, 3.63) is 49.6 Å². The molecule has 0 amide bonds. The van der Waals surface area contributed by atoms with Crippen LogP contribution in [0.3, 0.4) is 0 Å². The van der Waals surface area contributed by atoms with Gasteiger partial charge in [-0.25, -0.2) is 9.78 Å². The quantitative estimate of drug-likeness (QED) is 0.536. The van der Waals surface area contributed by atoms with Crippen molar-refractivity contribution in [3.63, 3.8) is 0 Å². The molecule has 0 aromatic carbocycles. The summed E-state index contributed by atoms with van der Waals surface area (Å²) < 4.78 is 6.33. The highest BCUT2D eigenvalue weighted by Crippen LogP contribution is 2.25. The smallest absolute Gasteiger partial charge is 0.355 e. The van der Waals surface area contributed by atoms with Crippen LogP contribution in [-0.4, -0.2) is 32.9 Å². The van der Waals surface area contributed by atoms with E-state index in [-0.39, 0.29) is 30.2 Å². The maximum absolute atomic E-state index is 12.9. The second kappa shape index (κ2) is 7.11. The Morgan fingerprint density at radius 3 is 2.59 bits per heavy atom. The molecule has 0 fully saturated rings. The van der Waals surface area contributed by atoms with Crippen molar-refractivity contribution in [2.75, 3.05) is 6.61 Å². The summed E-state index contributed by atoms with van der Waals surface area (Å²) >= 11 is 1.47. The molecule has 3 rings (SSSR count). The molecule has 0 bridgehead atoms. The van der Waals surface area contributed by atoms with Crippen LogP contribution in [0.1, 0.15) is 49.5 Å². The predicted molar refractivity (Wildman–Crippen MR) is 104 cm³/mol. The Bertz CT molecular complexity index is 1120. The van der Waals surface area contributed by atoms with E-state index in [9.17, 15) is 14.4 Å². The van der Waals surface area contributed by atoms with Gasteiger partial charge in [-0.2, -0.15) is 0 Å². The monoisotopic (exact) mass is 387 g/mol. The van der Waals surface area contributed by atoms with E-state index in [1.807, 2.05) is 13.8 Å². The van der Waals surface area contributed by atoms with Crippen molar-refractivity contribution in [3.8, 4) is 0 Å². The summed E-state index contributed by atoms with van der Waals surface area (Å²) in [6.45, 7) is 9.07. The summed E-state index contributed by atoms with van der Waals surface area (Å²) in [6, 6.07) is 0. The summed E-state index contributed by atoms with van der Waals surface area (Å²) in [5, 5.41) is 0.558. The number of esters is 1. The molecule has 3 aromatic rings. The highest BCUT2D eigenvalue weighted by atomic mass is 32.1. The molecule has 0 saturated carbocycles. The summed E-state index contributed by atoms with van der Waals surface area (Å²) in [4.78, 5) is 46.6. The van der Waals surface area contributed by atoms with Crippen LogP contribution >= 0.6 is 11.3 Å². The molecule has 0 saturated heterocycles. The van der Waals surface area contributed by atoms with Gasteiger partial charge in [0.1, 0.15) is 10.5 Å². The van der Waals surface area contributed by atoms with Gasteiger partial charge in [-0.1, -0.05) is 0 Å². The van der Waals surface area contributed by atoms with E-state index < -0.39 is 5.97 Å². The zero-order valence-corrected chi connectivity index (χ0v) is 16.7. The summed E-state index contributed by atoms with van der Waals surface area (Å²) in [7, 11) is 0. The topological polar surface area (TPSA) is 94.1 Å². The van der Waals surface area contributed by atoms with Crippen molar-refractivity contribution in [1.29, 1.82) is 0 Å². The van der Waals surface area contributed by atoms with Gasteiger partial charge in [-0.05, 0) is 45.7 Å². The van der Waals surface area contributed by atoms with Crippen LogP contribution in [-0.2, 0) is 11.3 Å². The minimum absolute atomic E-state index is 0.141. The average Bonchev–Trinajstić information content (AvgIpc) is 3.07. The fraction of sp³-hybridized carbons (Fsp3) is 0.368. The molecule has 1 N–H and O–H groups in total. The van der Waals surface area contributed by atoms with Gasteiger partial charge in [0.05, 0.1) is 24.9 Å². The summed E-state index contributed by atoms with van der Waals surface area (Å²) in [5.41, 5.74) is 2.44. The van der Waals surface area contributed by atoms with Crippen LogP contribution in [0.2, 0.25) is 0 Å². The van der Waals surface area contributed by atoms with Gasteiger partial charge in [0.25, 0.3) is 5.56 Å². The third-order valence-electron chi connectivity index (χ3n) is 4.67. The molecule has 0 radical (unpaired) electrons. The number of hydrogen-bond acceptors (Lipinski definition) is 6. The van der Waals surface area contributed by atoms with Gasteiger partial charge in [-0.15, -0.1) is 11.3 Å². The van der Waals surface area contributed by atoms with Crippen LogP contribution in [0.25, 0.3) is 10.2 Å². The number of carbonyl (C=O) groups excluding carboxylic acids is 2. The number of rotatable bonds is 5. The maximum atomic E-state index is 12.9. The normalized spacial score (nSPS) is 11.1. The van der Waals surface area contributed by atoms with Gasteiger partial charge in [-0.3, -0.25) is 14.2 Å². The molecule has 0 aliphatic heterocycles. The highest BCUT2D eigenvalue weighted by Gasteiger charge is 2.23. The zero-order chi connectivity index (χ0) is 19.9. The second-order valence-corrected chi connectivity index (χ2v) is 7.61. The number of aromatic nitrogens is 3. The van der Waals surface area contributed by atoms with Gasteiger partial charge < -0.3 is 9.72 Å². The Balaban J connectivity index is 1.98. The lowest BCUT2D eigenvalue weighted by atomic mass is 10.1. The minimum atomic E-state index is -0.498. The van der Waals surface area contributed by atoms with Crippen molar-refractivity contribution in [2.24, 2.45) is 0 Å². The minimum Gasteiger partial charge on any atom is -0.461 e. The van der Waals surface area contributed by atoms with Crippen LogP contribution < -0.4 is 5.56 Å². The number of nitrogens with one attached hydrogen (secondary N) is 1. The van der Waals surface area contributed by atoms with E-state index in [1.54, 1.807) is 20.8 Å². The number of thiophene rings is 1. The molecular weight excluding hydrogens is 366 g/mol. The number of ether oxygens (including phenoxy) is 1. The van der Waals surface area contributed by atoms with Crippen molar-refractivity contribution in [1.82, 2.24) is 14.5 Å². The first-order valence-corrected chi connectivity index (χ1v) is 9.42. The third kappa shape index (κ3) is 3.21. The van der Waals surface area contributed by atoms with E-state index in [1.165, 1.54) is 22.2 Å². The number of hydrogen-bond donors (Lipinski definition) is 1. The van der Waals surface area contributed by atoms with Gasteiger partial charge in [0.15, 0.2) is 5.78 Å². The first-order valence-electron chi connectivity index (χ1n) is 8.60. The predicted octanol–water partition coefficient (Wildman–Crippen LogP) is 3.08. The molecule has 142 valence electrons. The lowest BCUT2D eigenvalue weighted by Crippen LogP contribution is -2.25. The molecule has 0 atom stereocenters. The molecule has 0 unspecified atom stereocenters. The Labute approximate surface area is 160 Å². The van der Waals surface area contributed by atoms with Crippen LogP contribution in [0.4, 0.5) is 0 Å². The number of fused-ring (bicyclic) bond motifs is 1. The van der Waals surface area contributed by atoms with Gasteiger partial charge >= 0.3 is 5.97 Å². The van der Waals surface area contributed by atoms with E-state index in [2.05, 4.69) is 9.97 Å². The number of H-pyrrole nitrogens is 1. The van der Waals surface area contributed by atoms with E-state index >= 15 is 0 Å². The largest absolute Gasteiger partial charge is 0.461 e. The van der Waals surface area contributed by atoms with E-state index in [0.29, 0.717) is 27.0 Å². The molecule has 8 heteroatoms. The van der Waals surface area contributed by atoms with Gasteiger partial charge in [0, 0.05) is 16.1 Å². The Morgan fingerprint density at radius 2 is 1.93 bits per heavy atom. The molecule has 0 spiro atoms. The molecular formula is C19H21N3O4S. The van der Waals surface area contributed by atoms with Crippen molar-refractivity contribution in [2.45, 2.75) is 41.2 Å². The fourth-order valence-electron chi connectivity index (χ4n) is 3.19. The maximum Gasteiger partial charge on any atom is 0.355 e. The molecule has 7 nitrogen and oxygen atoms in total. The number of aryl methyl sites for hydroxylation is 3. The van der Waals surface area contributed by atoms with E-state index in [0.717, 1.165) is 10.4 Å². The van der Waals surface area contributed by atoms with Crippen LogP contribution in [0, 0.1) is 27.7 Å². The third-order valence-corrected chi connectivity index (χ3v) is 5.78. The lowest BCUT2D eigenvalue weighted by Gasteiger charge is -2.06. The Kier molecular flexibility index (Phi) is 5.01. The first kappa shape index (κ1) is 19.0. The van der Waals surface area contributed by atoms with Crippen molar-refractivity contribution >= 4 is 33.3 Å². The summed E-state index contributed by atoms with van der Waals surface area (Å²) in [6.07, 6.45) is 1.40. The highest BCUT2D eigenvalue weighted by molar-refractivity contribution is 7.18. The molecule has 3 aromatic heterocycles. The molecule has 27 heavy (non-hydrogen) atoms. The number of nitrogens with zero attached hydrogens (tertiary/aromatic N) is 2. The molecule has 3 heterocycles. The SMILES string of the molecule is CCOC(=O)c1[nH]c(C)c(C(=O)Cn2cnc3sc(C)c(C)c3c2=O)c1C. The van der Waals surface area contributed by atoms with E-state index in [4.69, 9.17) is 4.74 Å². The lowest BCUT2D eigenvalue weighted by molar-refractivity contribution is 0.0519. The zero-order valence-electron chi connectivity index (χ0n) is 15.9. The van der Waals surface area contributed by atoms with Gasteiger partial charge in [0.2, 0.25) is 0 Å². The first-order chi connectivity index (χ1) is 12.8. The number of ketones is 1. The fourth-order valence-corrected chi connectivity index (χ4v) is 4.18. The molecule has 0 aliphatic rings. The molecule has 0 aliphatic carbocycles. The summed E-state index contributed by atoms with van der Waals surface area (Å²) in [5.74, 6) is -0.758. The second-order valence-electron chi connectivity index (χ2n) is 6.41. The Morgan fingerprint density at radius 1 is 1.22 bits per heavy atom.